The summed E-state index contributed by atoms with van der Waals surface area (Å²) in [6.07, 6.45) is -0.115. The summed E-state index contributed by atoms with van der Waals surface area (Å²) in [6, 6.07) is 32.3. The van der Waals surface area contributed by atoms with Crippen molar-refractivity contribution in [3.8, 4) is 0 Å². The van der Waals surface area contributed by atoms with Crippen LogP contribution < -0.4 is 10.6 Å². The molecule has 4 aliphatic rings. The molecule has 3 N–H and O–H groups in total. The summed E-state index contributed by atoms with van der Waals surface area (Å²) in [6.45, 7) is 0.0955. The third-order valence-corrected chi connectivity index (χ3v) is 11.1. The highest BCUT2D eigenvalue weighted by molar-refractivity contribution is 5.95. The van der Waals surface area contributed by atoms with Gasteiger partial charge in [-0.2, -0.15) is 5.06 Å². The summed E-state index contributed by atoms with van der Waals surface area (Å²) < 4.78 is 20.2. The van der Waals surface area contributed by atoms with Crippen LogP contribution in [0.5, 0.6) is 0 Å². The molecule has 0 aromatic heterocycles. The Morgan fingerprint density at radius 2 is 1.54 bits per heavy atom. The molecule has 4 fully saturated rings. The number of benzene rings is 4. The lowest BCUT2D eigenvalue weighted by atomic mass is 9.62. The highest BCUT2D eigenvalue weighted by atomic mass is 16.8. The van der Waals surface area contributed by atoms with Gasteiger partial charge in [-0.25, -0.2) is 0 Å². The van der Waals surface area contributed by atoms with Crippen LogP contribution in [0.15, 0.2) is 115 Å². The predicted molar refractivity (Wildman–Crippen MR) is 206 cm³/mol. The van der Waals surface area contributed by atoms with Crippen LogP contribution in [0, 0.1) is 5.41 Å². The molecule has 0 radical (unpaired) electrons. The second kappa shape index (κ2) is 15.7. The van der Waals surface area contributed by atoms with Crippen molar-refractivity contribution in [1.29, 1.82) is 0 Å². The van der Waals surface area contributed by atoms with Crippen LogP contribution in [0.2, 0.25) is 0 Å². The van der Waals surface area contributed by atoms with Gasteiger partial charge in [0, 0.05) is 56.4 Å². The molecule has 6 unspecified atom stereocenters. The van der Waals surface area contributed by atoms with Gasteiger partial charge in [0.1, 0.15) is 29.8 Å². The van der Waals surface area contributed by atoms with Crippen molar-refractivity contribution in [1.82, 2.24) is 20.6 Å². The van der Waals surface area contributed by atoms with Crippen LogP contribution in [0.3, 0.4) is 0 Å². The Morgan fingerprint density at radius 3 is 2.25 bits per heavy atom. The van der Waals surface area contributed by atoms with Crippen molar-refractivity contribution in [2.24, 2.45) is 5.41 Å². The second-order valence-electron chi connectivity index (χ2n) is 14.9. The first kappa shape index (κ1) is 38.2. The summed E-state index contributed by atoms with van der Waals surface area (Å²) in [5.41, 5.74) is 2.60. The molecule has 57 heavy (non-hydrogen) atoms. The number of hydrogen-bond donors (Lipinski definition) is 3. The Morgan fingerprint density at radius 1 is 0.860 bits per heavy atom. The van der Waals surface area contributed by atoms with Crippen molar-refractivity contribution in [3.05, 3.63) is 149 Å². The Labute approximate surface area is 330 Å². The maximum atomic E-state index is 14.9. The second-order valence-corrected chi connectivity index (χ2v) is 14.9. The molecule has 0 spiro atoms. The Kier molecular flexibility index (Phi) is 10.5. The first-order chi connectivity index (χ1) is 27.6. The van der Waals surface area contributed by atoms with Gasteiger partial charge < -0.3 is 34.9 Å². The van der Waals surface area contributed by atoms with Gasteiger partial charge in [-0.15, -0.1) is 0 Å². The molecule has 1 aliphatic carbocycles. The molecule has 4 aromatic rings. The van der Waals surface area contributed by atoms with E-state index in [9.17, 15) is 19.2 Å². The van der Waals surface area contributed by atoms with Crippen molar-refractivity contribution in [3.63, 3.8) is 0 Å². The van der Waals surface area contributed by atoms with Crippen LogP contribution in [0.25, 0.3) is 6.08 Å². The third kappa shape index (κ3) is 7.02. The number of hydroxylamine groups is 2. The van der Waals surface area contributed by atoms with Crippen molar-refractivity contribution in [2.75, 3.05) is 27.2 Å². The lowest BCUT2D eigenvalue weighted by molar-refractivity contribution is -0.213. The first-order valence-electron chi connectivity index (χ1n) is 19.0. The molecule has 13 heteroatoms. The molecule has 2 bridgehead atoms. The van der Waals surface area contributed by atoms with E-state index in [0.717, 1.165) is 22.3 Å². The minimum atomic E-state index is -1.46. The number of nitrogens with zero attached hydrogens (tertiary/aromatic N) is 2. The maximum Gasteiger partial charge on any atom is 0.327 e. The van der Waals surface area contributed by atoms with E-state index >= 15 is 0 Å². The topological polar surface area (TPSA) is 156 Å². The molecule has 3 heterocycles. The highest BCUT2D eigenvalue weighted by Gasteiger charge is 2.76. The fourth-order valence-electron chi connectivity index (χ4n) is 8.42. The van der Waals surface area contributed by atoms with Crippen LogP contribution in [0.1, 0.15) is 44.6 Å². The van der Waals surface area contributed by atoms with E-state index in [1.165, 1.54) is 16.0 Å². The van der Waals surface area contributed by atoms with Crippen molar-refractivity contribution >= 4 is 29.8 Å². The van der Waals surface area contributed by atoms with Crippen molar-refractivity contribution < 1.29 is 43.3 Å². The predicted octanol–water partition coefficient (Wildman–Crippen LogP) is 3.31. The van der Waals surface area contributed by atoms with Crippen LogP contribution >= 0.6 is 0 Å². The van der Waals surface area contributed by atoms with Gasteiger partial charge in [-0.3, -0.25) is 24.0 Å². The van der Waals surface area contributed by atoms with E-state index < -0.39 is 53.5 Å². The molecule has 3 amide bonds. The normalized spacial score (nSPS) is 25.7. The van der Waals surface area contributed by atoms with E-state index in [0.29, 0.717) is 11.1 Å². The number of rotatable bonds is 12. The van der Waals surface area contributed by atoms with Crippen LogP contribution in [-0.2, 0) is 52.3 Å². The smallest absolute Gasteiger partial charge is 0.327 e. The van der Waals surface area contributed by atoms with Gasteiger partial charge in [0.2, 0.25) is 17.6 Å². The third-order valence-electron chi connectivity index (χ3n) is 11.1. The number of likely N-dealkylation sites (N-methyl/N-ethyl adjacent to an activating group) is 1. The summed E-state index contributed by atoms with van der Waals surface area (Å²) in [7, 11) is 3.36. The van der Waals surface area contributed by atoms with Gasteiger partial charge in [-0.05, 0) is 34.9 Å². The number of ether oxygens (including phenoxy) is 3. The zero-order chi connectivity index (χ0) is 39.7. The lowest BCUT2D eigenvalue weighted by Gasteiger charge is -2.48. The number of esters is 1. The minimum Gasteiger partial charge on any atom is -0.458 e. The first-order valence-corrected chi connectivity index (χ1v) is 19.0. The van der Waals surface area contributed by atoms with Gasteiger partial charge in [0.15, 0.2) is 6.04 Å². The molecular weight excluding hydrogens is 729 g/mol. The fourth-order valence-corrected chi connectivity index (χ4v) is 8.42. The summed E-state index contributed by atoms with van der Waals surface area (Å²) in [5.74, 6) is -2.94. The summed E-state index contributed by atoms with van der Waals surface area (Å²) in [5, 5.41) is 16.4. The quantitative estimate of drug-likeness (QED) is 0.144. The number of carbonyl (C=O) groups excluding carboxylic acids is 4. The van der Waals surface area contributed by atoms with E-state index in [1.807, 2.05) is 84.9 Å². The molecule has 4 aromatic carbocycles. The maximum absolute atomic E-state index is 14.9. The molecular formula is C44H44N4O9. The minimum absolute atomic E-state index is 0.0598. The van der Waals surface area contributed by atoms with E-state index in [1.54, 1.807) is 44.4 Å². The zero-order valence-corrected chi connectivity index (χ0v) is 31.6. The summed E-state index contributed by atoms with van der Waals surface area (Å²) in [4.78, 5) is 62.4. The standard InChI is InChI=1S/C44H44N4O9/c1-47(2)35(50)20-19-28-11-9-13-30(23-28)27-48-38-41(52)54-34-25-43(38,42(53)46-26-29-12-10-14-31(24-29)40(51)45-21-22-49)39(57-48)37-36(34)55-44(56-37,32-15-5-3-6-16-32)33-17-7-4-8-18-33/h3-20,23-24,34,36-39,49H,21-22,25-27H2,1-2H3,(H,45,51)(H,46,53). The SMILES string of the molecule is CN(C)C(=O)C=Cc1cccc(CN2OC3C4OC(c5ccccc5)(c5ccccc5)OC4C4CC3(C(=O)NCc3cccc(C(=O)NCCO)c3)C2C(=O)O4)c1. The molecule has 3 saturated heterocycles. The van der Waals surface area contributed by atoms with Gasteiger partial charge in [-0.1, -0.05) is 97.1 Å². The molecule has 8 rings (SSSR count). The molecule has 13 nitrogen and oxygen atoms in total. The summed E-state index contributed by atoms with van der Waals surface area (Å²) >= 11 is 0. The molecule has 1 saturated carbocycles. The molecule has 6 atom stereocenters. The number of nitrogens with one attached hydrogen (secondary N) is 2. The largest absolute Gasteiger partial charge is 0.458 e. The molecule has 294 valence electrons. The zero-order valence-electron chi connectivity index (χ0n) is 31.6. The van der Waals surface area contributed by atoms with Gasteiger partial charge >= 0.3 is 5.97 Å². The average Bonchev–Trinajstić information content (AvgIpc) is 3.81. The van der Waals surface area contributed by atoms with Crippen LogP contribution in [-0.4, -0.2) is 96.5 Å². The van der Waals surface area contributed by atoms with E-state index in [-0.39, 0.29) is 44.5 Å². The van der Waals surface area contributed by atoms with Gasteiger partial charge in [0.05, 0.1) is 13.2 Å². The fraction of sp³-hybridized carbons (Fsp3) is 0.318. The average molecular weight is 773 g/mol. The Balaban J connectivity index is 1.15. The van der Waals surface area contributed by atoms with E-state index in [4.69, 9.17) is 24.2 Å². The molecule has 3 aliphatic heterocycles. The Hall–Kier alpha value is -5.70. The number of aliphatic hydroxyl groups is 1. The number of fused-ring (bicyclic) bond motifs is 4. The highest BCUT2D eigenvalue weighted by Crippen LogP contribution is 2.59. The Bertz CT molecular complexity index is 2140. The number of amides is 3. The lowest BCUT2D eigenvalue weighted by Crippen LogP contribution is -2.69. The van der Waals surface area contributed by atoms with Crippen molar-refractivity contribution in [2.45, 2.75) is 55.8 Å². The van der Waals surface area contributed by atoms with Gasteiger partial charge in [0.25, 0.3) is 5.91 Å². The monoisotopic (exact) mass is 772 g/mol. The van der Waals surface area contributed by atoms with Crippen LogP contribution in [0.4, 0.5) is 0 Å². The number of aliphatic hydroxyl groups excluding tert-OH is 1. The van der Waals surface area contributed by atoms with E-state index in [2.05, 4.69) is 10.6 Å². The number of hydrogen-bond acceptors (Lipinski definition) is 10. The number of carbonyl (C=O) groups is 4.